The lowest BCUT2D eigenvalue weighted by molar-refractivity contribution is 0.382. The molecule has 0 fully saturated rings. The Labute approximate surface area is 154 Å². The van der Waals surface area contributed by atoms with Gasteiger partial charge in [0.2, 0.25) is 0 Å². The van der Waals surface area contributed by atoms with Gasteiger partial charge < -0.3 is 4.90 Å². The highest BCUT2D eigenvalue weighted by Gasteiger charge is 2.27. The first-order valence-electron chi connectivity index (χ1n) is 8.64. The lowest BCUT2D eigenvalue weighted by Crippen LogP contribution is -2.35. The van der Waals surface area contributed by atoms with E-state index in [0.29, 0.717) is 6.04 Å². The number of nitrogens with zero attached hydrogens (tertiary/aromatic N) is 2. The third-order valence-corrected chi connectivity index (χ3v) is 6.42. The minimum absolute atomic E-state index is 0.556. The van der Waals surface area contributed by atoms with Gasteiger partial charge in [-0.05, 0) is 62.0 Å². The first-order chi connectivity index (χ1) is 11.7. The fourth-order valence-corrected chi connectivity index (χ4v) is 4.59. The van der Waals surface area contributed by atoms with Gasteiger partial charge in [0.1, 0.15) is 0 Å². The van der Waals surface area contributed by atoms with Gasteiger partial charge in [0.25, 0.3) is 0 Å². The molecule has 0 amide bonds. The van der Waals surface area contributed by atoms with E-state index in [2.05, 4.69) is 78.0 Å². The van der Waals surface area contributed by atoms with Gasteiger partial charge >= 0.3 is 0 Å². The number of benzene rings is 2. The Hall–Kier alpha value is -1.10. The molecule has 24 heavy (non-hydrogen) atoms. The average Bonchev–Trinajstić information content (AvgIpc) is 2.76. The van der Waals surface area contributed by atoms with E-state index >= 15 is 0 Å². The van der Waals surface area contributed by atoms with Gasteiger partial charge in [-0.25, -0.2) is 4.31 Å². The quantitative estimate of drug-likeness (QED) is 0.473. The monoisotopic (exact) mass is 358 g/mol. The molecule has 1 unspecified atom stereocenters. The molecule has 1 aliphatic rings. The number of rotatable bonds is 5. The van der Waals surface area contributed by atoms with Gasteiger partial charge in [-0.2, -0.15) is 0 Å². The van der Waals surface area contributed by atoms with Crippen molar-refractivity contribution in [3.8, 4) is 0 Å². The standard InChI is InChI=1S/C20H26N2S2/c1-4-5-9-17-15-22(16-10-7-6-8-11-16)19-14-18(23-3)12-13-20(19)24-21(17)2/h6-8,10-14,17H,4-5,9,15H2,1-3H3. The van der Waals surface area contributed by atoms with Gasteiger partial charge in [-0.15, -0.1) is 11.8 Å². The topological polar surface area (TPSA) is 6.48 Å². The zero-order valence-corrected chi connectivity index (χ0v) is 16.4. The minimum atomic E-state index is 0.556. The van der Waals surface area contributed by atoms with Crippen LogP contribution in [-0.2, 0) is 0 Å². The summed E-state index contributed by atoms with van der Waals surface area (Å²) in [5, 5.41) is 0. The molecule has 0 radical (unpaired) electrons. The van der Waals surface area contributed by atoms with Gasteiger partial charge in [0.15, 0.2) is 0 Å². The largest absolute Gasteiger partial charge is 0.339 e. The van der Waals surface area contributed by atoms with E-state index < -0.39 is 0 Å². The summed E-state index contributed by atoms with van der Waals surface area (Å²) in [6.07, 6.45) is 5.93. The highest BCUT2D eigenvalue weighted by Crippen LogP contribution is 2.42. The number of hydrogen-bond acceptors (Lipinski definition) is 4. The summed E-state index contributed by atoms with van der Waals surface area (Å²) in [7, 11) is 2.24. The van der Waals surface area contributed by atoms with Crippen LogP contribution >= 0.6 is 23.7 Å². The number of likely N-dealkylation sites (N-methyl/N-ethyl adjacent to an activating group) is 1. The molecule has 0 spiro atoms. The molecule has 0 saturated heterocycles. The number of para-hydroxylation sites is 1. The molecule has 1 aliphatic heterocycles. The fourth-order valence-electron chi connectivity index (χ4n) is 3.13. The lowest BCUT2D eigenvalue weighted by atomic mass is 10.1. The predicted octanol–water partition coefficient (Wildman–Crippen LogP) is 6.06. The Bertz CT molecular complexity index is 660. The molecular weight excluding hydrogens is 332 g/mol. The molecule has 0 aliphatic carbocycles. The van der Waals surface area contributed by atoms with Crippen LogP contribution < -0.4 is 4.90 Å². The smallest absolute Gasteiger partial charge is 0.0574 e. The number of hydrogen-bond donors (Lipinski definition) is 0. The van der Waals surface area contributed by atoms with Crippen molar-refractivity contribution in [2.24, 2.45) is 0 Å². The van der Waals surface area contributed by atoms with Crippen LogP contribution in [0.1, 0.15) is 26.2 Å². The van der Waals surface area contributed by atoms with Crippen molar-refractivity contribution in [2.45, 2.75) is 42.0 Å². The molecule has 0 saturated carbocycles. The van der Waals surface area contributed by atoms with Crippen LogP contribution in [0.25, 0.3) is 0 Å². The highest BCUT2D eigenvalue weighted by atomic mass is 32.2. The zero-order valence-electron chi connectivity index (χ0n) is 14.7. The van der Waals surface area contributed by atoms with E-state index in [1.165, 1.54) is 40.4 Å². The van der Waals surface area contributed by atoms with Crippen LogP contribution in [0.15, 0.2) is 58.3 Å². The van der Waals surface area contributed by atoms with Crippen molar-refractivity contribution in [3.63, 3.8) is 0 Å². The van der Waals surface area contributed by atoms with Crippen molar-refractivity contribution in [1.29, 1.82) is 0 Å². The van der Waals surface area contributed by atoms with E-state index in [-0.39, 0.29) is 0 Å². The maximum atomic E-state index is 2.51. The summed E-state index contributed by atoms with van der Waals surface area (Å²) >= 11 is 3.70. The van der Waals surface area contributed by atoms with Crippen molar-refractivity contribution in [3.05, 3.63) is 48.5 Å². The SMILES string of the molecule is CCCCC1CN(c2ccccc2)c2cc(SC)ccc2SN1C. The number of fused-ring (bicyclic) bond motifs is 1. The van der Waals surface area contributed by atoms with E-state index in [0.717, 1.165) is 6.54 Å². The zero-order chi connectivity index (χ0) is 16.9. The molecule has 1 atom stereocenters. The Morgan fingerprint density at radius 2 is 1.96 bits per heavy atom. The summed E-state index contributed by atoms with van der Waals surface area (Å²) in [6.45, 7) is 3.32. The predicted molar refractivity (Wildman–Crippen MR) is 109 cm³/mol. The van der Waals surface area contributed by atoms with Gasteiger partial charge in [-0.3, -0.25) is 0 Å². The Morgan fingerprint density at radius 3 is 2.67 bits per heavy atom. The Kier molecular flexibility index (Phi) is 6.14. The van der Waals surface area contributed by atoms with Crippen LogP contribution in [0, 0.1) is 0 Å². The molecule has 4 heteroatoms. The maximum Gasteiger partial charge on any atom is 0.0574 e. The minimum Gasteiger partial charge on any atom is -0.339 e. The summed E-state index contributed by atoms with van der Waals surface area (Å²) in [4.78, 5) is 5.18. The summed E-state index contributed by atoms with van der Waals surface area (Å²) < 4.78 is 2.45. The first kappa shape index (κ1) is 17.7. The molecule has 2 aromatic rings. The van der Waals surface area contributed by atoms with Gasteiger partial charge in [0.05, 0.1) is 5.69 Å². The van der Waals surface area contributed by atoms with E-state index in [1.54, 1.807) is 0 Å². The molecule has 0 aromatic heterocycles. The van der Waals surface area contributed by atoms with Crippen LogP contribution in [0.2, 0.25) is 0 Å². The summed E-state index contributed by atoms with van der Waals surface area (Å²) in [5.74, 6) is 0. The van der Waals surface area contributed by atoms with Crippen LogP contribution in [-0.4, -0.2) is 30.2 Å². The van der Waals surface area contributed by atoms with Crippen LogP contribution in [0.5, 0.6) is 0 Å². The van der Waals surface area contributed by atoms with Crippen molar-refractivity contribution in [1.82, 2.24) is 4.31 Å². The Balaban J connectivity index is 2.02. The maximum absolute atomic E-state index is 2.51. The van der Waals surface area contributed by atoms with E-state index in [9.17, 15) is 0 Å². The van der Waals surface area contributed by atoms with E-state index in [1.807, 2.05) is 23.7 Å². The van der Waals surface area contributed by atoms with Crippen molar-refractivity contribution < 1.29 is 0 Å². The van der Waals surface area contributed by atoms with Crippen LogP contribution in [0.3, 0.4) is 0 Å². The molecule has 128 valence electrons. The lowest BCUT2D eigenvalue weighted by Gasteiger charge is -2.30. The molecule has 1 heterocycles. The summed E-state index contributed by atoms with van der Waals surface area (Å²) in [6, 6.07) is 18.2. The van der Waals surface area contributed by atoms with Crippen molar-refractivity contribution in [2.75, 3.05) is 24.7 Å². The summed E-state index contributed by atoms with van der Waals surface area (Å²) in [5.41, 5.74) is 2.62. The van der Waals surface area contributed by atoms with Gasteiger partial charge in [-0.1, -0.05) is 38.0 Å². The van der Waals surface area contributed by atoms with Crippen molar-refractivity contribution >= 4 is 35.1 Å². The van der Waals surface area contributed by atoms with Crippen LogP contribution in [0.4, 0.5) is 11.4 Å². The average molecular weight is 359 g/mol. The van der Waals surface area contributed by atoms with Gasteiger partial charge in [0, 0.05) is 28.1 Å². The third kappa shape index (κ3) is 3.93. The molecule has 2 aromatic carbocycles. The fraction of sp³-hybridized carbons (Fsp3) is 0.400. The second-order valence-corrected chi connectivity index (χ2v) is 8.29. The molecule has 0 bridgehead atoms. The third-order valence-electron chi connectivity index (χ3n) is 4.57. The second kappa shape index (κ2) is 8.32. The molecule has 3 rings (SSSR count). The second-order valence-electron chi connectivity index (χ2n) is 6.21. The molecular formula is C20H26N2S2. The molecule has 2 nitrogen and oxygen atoms in total. The normalized spacial score (nSPS) is 18.3. The number of unbranched alkanes of at least 4 members (excludes halogenated alkanes) is 1. The highest BCUT2D eigenvalue weighted by molar-refractivity contribution is 7.98. The first-order valence-corrected chi connectivity index (χ1v) is 10.6. The van der Waals surface area contributed by atoms with E-state index in [4.69, 9.17) is 0 Å². The number of anilines is 2. The molecule has 0 N–H and O–H groups in total. The Morgan fingerprint density at radius 1 is 1.17 bits per heavy atom. The number of thioether (sulfide) groups is 1.